The Kier molecular flexibility index (Phi) is 3.80. The molecule has 0 radical (unpaired) electrons. The molecule has 2 rings (SSSR count). The Morgan fingerprint density at radius 1 is 1.56 bits per heavy atom. The van der Waals surface area contributed by atoms with E-state index in [1.54, 1.807) is 0 Å². The molecule has 3 N–H and O–H groups in total. The smallest absolute Gasteiger partial charge is 0.170 e. The summed E-state index contributed by atoms with van der Waals surface area (Å²) in [4.78, 5) is 2.28. The highest BCUT2D eigenvalue weighted by molar-refractivity contribution is 9.10. The molecule has 0 bridgehead atoms. The summed E-state index contributed by atoms with van der Waals surface area (Å²) in [5.74, 6) is 0.936. The first kappa shape index (κ1) is 13.2. The van der Waals surface area contributed by atoms with E-state index in [2.05, 4.69) is 40.0 Å². The number of nitrogens with zero attached hydrogens (tertiary/aromatic N) is 2. The minimum absolute atomic E-state index is 0.125. The van der Waals surface area contributed by atoms with Crippen LogP contribution in [-0.2, 0) is 0 Å². The van der Waals surface area contributed by atoms with Gasteiger partial charge >= 0.3 is 0 Å². The van der Waals surface area contributed by atoms with Gasteiger partial charge in [0.05, 0.1) is 5.69 Å². The standard InChI is InChI=1S/C13H18BrN3O/c1-8(9-3-4-9)17(2)12-6-5-10(7-11(12)14)13(15)16-18/h5-9,18H,3-4H2,1-2H3,(H2,15,16). The molecular formula is C13H18BrN3O. The molecule has 1 saturated carbocycles. The van der Waals surface area contributed by atoms with Crippen molar-refractivity contribution in [1.82, 2.24) is 0 Å². The van der Waals surface area contributed by atoms with Gasteiger partial charge in [-0.25, -0.2) is 0 Å². The molecule has 0 spiro atoms. The molecule has 1 aromatic carbocycles. The number of hydrogen-bond acceptors (Lipinski definition) is 3. The summed E-state index contributed by atoms with van der Waals surface area (Å²) in [5.41, 5.74) is 7.41. The second kappa shape index (κ2) is 5.18. The number of oxime groups is 1. The van der Waals surface area contributed by atoms with Crippen LogP contribution >= 0.6 is 15.9 Å². The normalized spacial score (nSPS) is 17.6. The van der Waals surface area contributed by atoms with Gasteiger partial charge in [-0.2, -0.15) is 0 Å². The lowest BCUT2D eigenvalue weighted by atomic mass is 10.1. The van der Waals surface area contributed by atoms with Gasteiger partial charge in [-0.15, -0.1) is 0 Å². The minimum Gasteiger partial charge on any atom is -0.409 e. The number of nitrogens with two attached hydrogens (primary N) is 1. The fraction of sp³-hybridized carbons (Fsp3) is 0.462. The van der Waals surface area contributed by atoms with Crippen molar-refractivity contribution in [2.45, 2.75) is 25.8 Å². The minimum atomic E-state index is 0.125. The predicted molar refractivity (Wildman–Crippen MR) is 77.2 cm³/mol. The fourth-order valence-corrected chi connectivity index (χ4v) is 2.78. The maximum atomic E-state index is 8.66. The summed E-state index contributed by atoms with van der Waals surface area (Å²) in [6.45, 7) is 2.25. The van der Waals surface area contributed by atoms with E-state index in [4.69, 9.17) is 10.9 Å². The second-order valence-electron chi connectivity index (χ2n) is 4.84. The molecule has 1 atom stereocenters. The first-order valence-electron chi connectivity index (χ1n) is 6.05. The van der Waals surface area contributed by atoms with Crippen molar-refractivity contribution in [2.24, 2.45) is 16.8 Å². The van der Waals surface area contributed by atoms with E-state index in [0.717, 1.165) is 16.1 Å². The van der Waals surface area contributed by atoms with Crippen molar-refractivity contribution in [3.8, 4) is 0 Å². The highest BCUT2D eigenvalue weighted by Gasteiger charge is 2.31. The van der Waals surface area contributed by atoms with Gasteiger partial charge in [-0.3, -0.25) is 0 Å². The Morgan fingerprint density at radius 2 is 2.22 bits per heavy atom. The Morgan fingerprint density at radius 3 is 2.72 bits per heavy atom. The Balaban J connectivity index is 2.23. The number of hydrogen-bond donors (Lipinski definition) is 2. The van der Waals surface area contributed by atoms with Crippen LogP contribution in [0.3, 0.4) is 0 Å². The van der Waals surface area contributed by atoms with E-state index in [-0.39, 0.29) is 5.84 Å². The summed E-state index contributed by atoms with van der Waals surface area (Å²) in [6.07, 6.45) is 2.65. The number of rotatable bonds is 4. The van der Waals surface area contributed by atoms with Gasteiger partial charge < -0.3 is 15.8 Å². The lowest BCUT2D eigenvalue weighted by Crippen LogP contribution is -2.30. The maximum absolute atomic E-state index is 8.66. The van der Waals surface area contributed by atoms with E-state index in [1.807, 2.05) is 18.2 Å². The monoisotopic (exact) mass is 311 g/mol. The molecule has 0 aliphatic heterocycles. The Labute approximate surface area is 116 Å². The molecule has 1 fully saturated rings. The highest BCUT2D eigenvalue weighted by atomic mass is 79.9. The SMILES string of the molecule is CC(C1CC1)N(C)c1ccc(/C(N)=N/O)cc1Br. The van der Waals surface area contributed by atoms with Crippen LogP contribution in [0.1, 0.15) is 25.3 Å². The predicted octanol–water partition coefficient (Wildman–Crippen LogP) is 2.78. The van der Waals surface area contributed by atoms with Crippen LogP contribution in [-0.4, -0.2) is 24.1 Å². The van der Waals surface area contributed by atoms with Crippen LogP contribution < -0.4 is 10.6 Å². The van der Waals surface area contributed by atoms with Gasteiger partial charge in [0.15, 0.2) is 5.84 Å². The van der Waals surface area contributed by atoms with Gasteiger partial charge in [-0.05, 0) is 59.8 Å². The summed E-state index contributed by atoms with van der Waals surface area (Å²) < 4.78 is 0.960. The zero-order valence-corrected chi connectivity index (χ0v) is 12.2. The lowest BCUT2D eigenvalue weighted by molar-refractivity contribution is 0.318. The van der Waals surface area contributed by atoms with Crippen LogP contribution in [0.4, 0.5) is 5.69 Å². The van der Waals surface area contributed by atoms with Crippen molar-refractivity contribution < 1.29 is 5.21 Å². The summed E-state index contributed by atoms with van der Waals surface area (Å²) >= 11 is 3.55. The Hall–Kier alpha value is -1.23. The molecule has 0 amide bonds. The molecule has 0 heterocycles. The first-order chi connectivity index (χ1) is 8.54. The van der Waals surface area contributed by atoms with E-state index in [0.29, 0.717) is 11.6 Å². The van der Waals surface area contributed by atoms with Crippen LogP contribution in [0, 0.1) is 5.92 Å². The van der Waals surface area contributed by atoms with Crippen LogP contribution in [0.2, 0.25) is 0 Å². The van der Waals surface area contributed by atoms with Crippen LogP contribution in [0.25, 0.3) is 0 Å². The second-order valence-corrected chi connectivity index (χ2v) is 5.69. The van der Waals surface area contributed by atoms with E-state index >= 15 is 0 Å². The maximum Gasteiger partial charge on any atom is 0.170 e. The molecule has 0 saturated heterocycles. The highest BCUT2D eigenvalue weighted by Crippen LogP contribution is 2.38. The average molecular weight is 312 g/mol. The molecule has 98 valence electrons. The third-order valence-electron chi connectivity index (χ3n) is 3.65. The third-order valence-corrected chi connectivity index (χ3v) is 4.28. The van der Waals surface area contributed by atoms with E-state index < -0.39 is 0 Å². The van der Waals surface area contributed by atoms with Gasteiger partial charge in [0.25, 0.3) is 0 Å². The van der Waals surface area contributed by atoms with Crippen LogP contribution in [0.5, 0.6) is 0 Å². The molecule has 1 aliphatic carbocycles. The molecule has 1 aliphatic rings. The topological polar surface area (TPSA) is 61.8 Å². The fourth-order valence-electron chi connectivity index (χ4n) is 2.12. The zero-order chi connectivity index (χ0) is 13.3. The largest absolute Gasteiger partial charge is 0.409 e. The molecule has 1 unspecified atom stereocenters. The number of anilines is 1. The van der Waals surface area contributed by atoms with E-state index in [1.165, 1.54) is 12.8 Å². The molecule has 18 heavy (non-hydrogen) atoms. The van der Waals surface area contributed by atoms with Crippen molar-refractivity contribution in [1.29, 1.82) is 0 Å². The molecule has 0 aromatic heterocycles. The first-order valence-corrected chi connectivity index (χ1v) is 6.84. The van der Waals surface area contributed by atoms with Gasteiger partial charge in [0.1, 0.15) is 0 Å². The number of benzene rings is 1. The third kappa shape index (κ3) is 2.61. The van der Waals surface area contributed by atoms with Gasteiger partial charge in [-0.1, -0.05) is 5.16 Å². The van der Waals surface area contributed by atoms with Crippen molar-refractivity contribution >= 4 is 27.5 Å². The lowest BCUT2D eigenvalue weighted by Gasteiger charge is -2.28. The van der Waals surface area contributed by atoms with Gasteiger partial charge in [0, 0.05) is 23.1 Å². The van der Waals surface area contributed by atoms with Crippen molar-refractivity contribution in [3.63, 3.8) is 0 Å². The van der Waals surface area contributed by atoms with Gasteiger partial charge in [0.2, 0.25) is 0 Å². The number of halogens is 1. The quantitative estimate of drug-likeness (QED) is 0.389. The molecule has 1 aromatic rings. The van der Waals surface area contributed by atoms with E-state index in [9.17, 15) is 0 Å². The number of amidine groups is 1. The summed E-state index contributed by atoms with van der Waals surface area (Å²) in [5, 5.41) is 11.7. The summed E-state index contributed by atoms with van der Waals surface area (Å²) in [6, 6.07) is 6.28. The molecular weight excluding hydrogens is 294 g/mol. The zero-order valence-electron chi connectivity index (χ0n) is 10.6. The molecule has 5 heteroatoms. The van der Waals surface area contributed by atoms with Crippen LogP contribution in [0.15, 0.2) is 27.8 Å². The Bertz CT molecular complexity index is 471. The van der Waals surface area contributed by atoms with Crippen molar-refractivity contribution in [2.75, 3.05) is 11.9 Å². The molecule has 4 nitrogen and oxygen atoms in total. The van der Waals surface area contributed by atoms with Crippen molar-refractivity contribution in [3.05, 3.63) is 28.2 Å². The summed E-state index contributed by atoms with van der Waals surface area (Å²) in [7, 11) is 2.10. The average Bonchev–Trinajstić information content (AvgIpc) is 3.20.